The minimum atomic E-state index is -0.526. The predicted molar refractivity (Wildman–Crippen MR) is 59.7 cm³/mol. The Morgan fingerprint density at radius 2 is 2.07 bits per heavy atom. The molecular formula is C11H10ClNO2. The molecule has 0 aliphatic carbocycles. The van der Waals surface area contributed by atoms with Gasteiger partial charge in [-0.2, -0.15) is 0 Å². The molecule has 0 unspecified atom stereocenters. The van der Waals surface area contributed by atoms with E-state index in [0.29, 0.717) is 10.6 Å². The molecule has 0 fully saturated rings. The number of carbonyl (C=O) groups excluding carboxylic acids is 2. The zero-order valence-corrected chi connectivity index (χ0v) is 8.91. The van der Waals surface area contributed by atoms with Gasteiger partial charge in [-0.15, -0.1) is 0 Å². The molecule has 0 heterocycles. The second-order valence-corrected chi connectivity index (χ2v) is 3.44. The molecule has 0 saturated heterocycles. The Balaban J connectivity index is 3.01. The van der Waals surface area contributed by atoms with Crippen molar-refractivity contribution in [3.63, 3.8) is 0 Å². The molecule has 2 N–H and O–H groups in total. The third-order valence-corrected chi connectivity index (χ3v) is 2.13. The molecule has 0 aromatic heterocycles. The summed E-state index contributed by atoms with van der Waals surface area (Å²) in [5.74, 6) is -0.618. The van der Waals surface area contributed by atoms with Crippen LogP contribution in [0, 0.1) is 0 Å². The summed E-state index contributed by atoms with van der Waals surface area (Å²) in [5, 5.41) is 0.370. The van der Waals surface area contributed by atoms with Crippen LogP contribution in [0.1, 0.15) is 22.8 Å². The van der Waals surface area contributed by atoms with Gasteiger partial charge in [0.1, 0.15) is 0 Å². The van der Waals surface area contributed by atoms with E-state index in [1.165, 1.54) is 19.1 Å². The maximum absolute atomic E-state index is 11.1. The lowest BCUT2D eigenvalue weighted by molar-refractivity contribution is -0.113. The van der Waals surface area contributed by atoms with Gasteiger partial charge in [0, 0.05) is 11.6 Å². The third-order valence-electron chi connectivity index (χ3n) is 1.81. The lowest BCUT2D eigenvalue weighted by atomic mass is 10.1. The molecule has 1 aromatic rings. The van der Waals surface area contributed by atoms with Crippen LogP contribution < -0.4 is 5.73 Å². The van der Waals surface area contributed by atoms with Gasteiger partial charge in [-0.25, -0.2) is 0 Å². The zero-order valence-electron chi connectivity index (χ0n) is 8.16. The van der Waals surface area contributed by atoms with Crippen molar-refractivity contribution in [1.82, 2.24) is 0 Å². The van der Waals surface area contributed by atoms with Crippen LogP contribution in [0.4, 0.5) is 0 Å². The first kappa shape index (κ1) is 11.5. The van der Waals surface area contributed by atoms with Gasteiger partial charge in [0.15, 0.2) is 5.78 Å². The van der Waals surface area contributed by atoms with E-state index in [0.717, 1.165) is 5.56 Å². The highest BCUT2D eigenvalue weighted by atomic mass is 35.5. The highest BCUT2D eigenvalue weighted by Gasteiger charge is 2.04. The molecule has 4 heteroatoms. The second-order valence-electron chi connectivity index (χ2n) is 3.03. The van der Waals surface area contributed by atoms with Crippen LogP contribution >= 0.6 is 11.6 Å². The lowest BCUT2D eigenvalue weighted by Crippen LogP contribution is -2.05. The Kier molecular flexibility index (Phi) is 3.63. The van der Waals surface area contributed by atoms with Crippen molar-refractivity contribution in [2.75, 3.05) is 0 Å². The van der Waals surface area contributed by atoms with E-state index in [1.807, 2.05) is 0 Å². The maximum Gasteiger partial charge on any atom is 0.241 e. The number of hydrogen-bond donors (Lipinski definition) is 1. The van der Waals surface area contributed by atoms with Crippen molar-refractivity contribution in [2.24, 2.45) is 5.73 Å². The van der Waals surface area contributed by atoms with E-state index in [4.69, 9.17) is 17.3 Å². The van der Waals surface area contributed by atoms with Crippen molar-refractivity contribution in [2.45, 2.75) is 6.92 Å². The Labute approximate surface area is 92.5 Å². The molecule has 1 aromatic carbocycles. The van der Waals surface area contributed by atoms with Gasteiger partial charge in [0.2, 0.25) is 5.91 Å². The van der Waals surface area contributed by atoms with Crippen LogP contribution in [0.2, 0.25) is 5.02 Å². The standard InChI is InChI=1S/C11H10ClNO2/c1-7(14)9-4-2-8(6-10(9)12)3-5-11(13)15/h2-6H,1H3,(H2,13,15). The summed E-state index contributed by atoms with van der Waals surface area (Å²) in [6.07, 6.45) is 2.78. The fraction of sp³-hybridized carbons (Fsp3) is 0.0909. The summed E-state index contributed by atoms with van der Waals surface area (Å²) in [6, 6.07) is 4.92. The SMILES string of the molecule is CC(=O)c1ccc(C=CC(N)=O)cc1Cl. The molecule has 0 bridgehead atoms. The normalized spacial score (nSPS) is 10.5. The van der Waals surface area contributed by atoms with Crippen molar-refractivity contribution >= 4 is 29.4 Å². The van der Waals surface area contributed by atoms with Crippen LogP contribution in [0.5, 0.6) is 0 Å². The Morgan fingerprint density at radius 1 is 1.40 bits per heavy atom. The van der Waals surface area contributed by atoms with Crippen molar-refractivity contribution in [3.05, 3.63) is 40.4 Å². The molecule has 3 nitrogen and oxygen atoms in total. The number of amides is 1. The van der Waals surface area contributed by atoms with Crippen LogP contribution in [0.15, 0.2) is 24.3 Å². The smallest absolute Gasteiger partial charge is 0.241 e. The zero-order chi connectivity index (χ0) is 11.4. The van der Waals surface area contributed by atoms with E-state index in [-0.39, 0.29) is 5.78 Å². The highest BCUT2D eigenvalue weighted by molar-refractivity contribution is 6.34. The molecule has 0 aliphatic rings. The number of nitrogens with two attached hydrogens (primary N) is 1. The summed E-state index contributed by atoms with van der Waals surface area (Å²) >= 11 is 5.87. The van der Waals surface area contributed by atoms with Crippen LogP contribution in [-0.2, 0) is 4.79 Å². The summed E-state index contributed by atoms with van der Waals surface area (Å²) < 4.78 is 0. The average Bonchev–Trinajstić information content (AvgIpc) is 2.14. The first-order valence-electron chi connectivity index (χ1n) is 4.28. The molecule has 0 radical (unpaired) electrons. The van der Waals surface area contributed by atoms with Crippen molar-refractivity contribution in [1.29, 1.82) is 0 Å². The molecule has 0 saturated carbocycles. The minimum absolute atomic E-state index is 0.0922. The Bertz CT molecular complexity index is 438. The molecule has 0 spiro atoms. The number of rotatable bonds is 3. The van der Waals surface area contributed by atoms with E-state index < -0.39 is 5.91 Å². The summed E-state index contributed by atoms with van der Waals surface area (Å²) in [5.41, 5.74) is 6.14. The van der Waals surface area contributed by atoms with Gasteiger partial charge < -0.3 is 5.73 Å². The lowest BCUT2D eigenvalue weighted by Gasteiger charge is -2.00. The third kappa shape index (κ3) is 3.22. The van der Waals surface area contributed by atoms with Gasteiger partial charge in [-0.05, 0) is 30.7 Å². The Morgan fingerprint density at radius 3 is 2.53 bits per heavy atom. The quantitative estimate of drug-likeness (QED) is 0.630. The highest BCUT2D eigenvalue weighted by Crippen LogP contribution is 2.19. The van der Waals surface area contributed by atoms with Gasteiger partial charge in [-0.3, -0.25) is 9.59 Å². The van der Waals surface area contributed by atoms with Gasteiger partial charge >= 0.3 is 0 Å². The first-order chi connectivity index (χ1) is 7.00. The van der Waals surface area contributed by atoms with Gasteiger partial charge in [-0.1, -0.05) is 17.7 Å². The molecular weight excluding hydrogens is 214 g/mol. The number of primary amides is 1. The number of halogens is 1. The van der Waals surface area contributed by atoms with Crippen molar-refractivity contribution in [3.8, 4) is 0 Å². The number of Topliss-reactive ketones (excluding diaryl/α,β-unsaturated/α-hetero) is 1. The largest absolute Gasteiger partial charge is 0.366 e. The van der Waals surface area contributed by atoms with Gasteiger partial charge in [0.25, 0.3) is 0 Å². The van der Waals surface area contributed by atoms with Crippen LogP contribution in [0.25, 0.3) is 6.08 Å². The molecule has 1 amide bonds. The molecule has 78 valence electrons. The number of benzene rings is 1. The topological polar surface area (TPSA) is 60.2 Å². The summed E-state index contributed by atoms with van der Waals surface area (Å²) in [7, 11) is 0. The Hall–Kier alpha value is -1.61. The monoisotopic (exact) mass is 223 g/mol. The fourth-order valence-corrected chi connectivity index (χ4v) is 1.42. The average molecular weight is 224 g/mol. The molecule has 0 atom stereocenters. The fourth-order valence-electron chi connectivity index (χ4n) is 1.10. The maximum atomic E-state index is 11.1. The minimum Gasteiger partial charge on any atom is -0.366 e. The van der Waals surface area contributed by atoms with Crippen molar-refractivity contribution < 1.29 is 9.59 Å². The first-order valence-corrected chi connectivity index (χ1v) is 4.66. The number of ketones is 1. The van der Waals surface area contributed by atoms with Gasteiger partial charge in [0.05, 0.1) is 5.02 Å². The second kappa shape index (κ2) is 4.75. The molecule has 1 rings (SSSR count). The number of hydrogen-bond acceptors (Lipinski definition) is 2. The van der Waals surface area contributed by atoms with E-state index >= 15 is 0 Å². The molecule has 15 heavy (non-hydrogen) atoms. The van der Waals surface area contributed by atoms with E-state index in [9.17, 15) is 9.59 Å². The van der Waals surface area contributed by atoms with Crippen LogP contribution in [0.3, 0.4) is 0 Å². The molecule has 0 aliphatic heterocycles. The summed E-state index contributed by atoms with van der Waals surface area (Å²) in [6.45, 7) is 1.44. The van der Waals surface area contributed by atoms with E-state index in [2.05, 4.69) is 0 Å². The summed E-state index contributed by atoms with van der Waals surface area (Å²) in [4.78, 5) is 21.5. The van der Waals surface area contributed by atoms with E-state index in [1.54, 1.807) is 18.2 Å². The predicted octanol–water partition coefficient (Wildman–Crippen LogP) is 2.04. The number of carbonyl (C=O) groups is 2. The van der Waals surface area contributed by atoms with Crippen LogP contribution in [-0.4, -0.2) is 11.7 Å².